The maximum Gasteiger partial charge on any atom is 0.339 e. The molecule has 0 radical (unpaired) electrons. The van der Waals surface area contributed by atoms with Gasteiger partial charge in [-0.1, -0.05) is 0 Å². The fraction of sp³-hybridized carbons (Fsp3) is 0.417. The van der Waals surface area contributed by atoms with E-state index in [4.69, 9.17) is 15.2 Å². The van der Waals surface area contributed by atoms with E-state index in [0.29, 0.717) is 0 Å². The maximum absolute atomic E-state index is 11.9. The molecule has 0 spiro atoms. The number of nitro groups is 1. The Labute approximate surface area is 110 Å². The van der Waals surface area contributed by atoms with Gasteiger partial charge in [0.05, 0.1) is 17.6 Å². The predicted molar refractivity (Wildman–Crippen MR) is 69.2 cm³/mol. The Morgan fingerprint density at radius 1 is 1.37 bits per heavy atom. The lowest BCUT2D eigenvalue weighted by Crippen LogP contribution is -2.24. The van der Waals surface area contributed by atoms with Gasteiger partial charge >= 0.3 is 5.97 Å². The van der Waals surface area contributed by atoms with Crippen LogP contribution in [0, 0.1) is 10.1 Å². The Morgan fingerprint density at radius 2 is 1.95 bits per heavy atom. The van der Waals surface area contributed by atoms with Crippen LogP contribution in [-0.4, -0.2) is 23.6 Å². The molecule has 0 fully saturated rings. The summed E-state index contributed by atoms with van der Waals surface area (Å²) >= 11 is 0. The summed E-state index contributed by atoms with van der Waals surface area (Å²) in [6.07, 6.45) is 0. The highest BCUT2D eigenvalue weighted by molar-refractivity contribution is 5.92. The molecule has 0 aliphatic rings. The molecule has 0 aromatic heterocycles. The Balaban J connectivity index is 3.26. The summed E-state index contributed by atoms with van der Waals surface area (Å²) in [7, 11) is 1.31. The molecule has 0 bridgehead atoms. The third-order valence-electron chi connectivity index (χ3n) is 2.17. The number of anilines is 1. The number of nitro benzene ring substituents is 1. The van der Waals surface area contributed by atoms with Crippen LogP contribution in [0.25, 0.3) is 0 Å². The van der Waals surface area contributed by atoms with Gasteiger partial charge in [0.15, 0.2) is 5.69 Å². The first-order chi connectivity index (χ1) is 8.65. The summed E-state index contributed by atoms with van der Waals surface area (Å²) < 4.78 is 10.1. The molecule has 0 saturated heterocycles. The molecule has 0 saturated carbocycles. The molecule has 104 valence electrons. The van der Waals surface area contributed by atoms with Crippen molar-refractivity contribution in [2.45, 2.75) is 26.4 Å². The molecule has 2 N–H and O–H groups in total. The van der Waals surface area contributed by atoms with E-state index < -0.39 is 16.5 Å². The minimum absolute atomic E-state index is 0.0210. The molecule has 1 aromatic carbocycles. The van der Waals surface area contributed by atoms with Gasteiger partial charge in [0, 0.05) is 6.07 Å². The van der Waals surface area contributed by atoms with Crippen LogP contribution in [0.3, 0.4) is 0 Å². The number of hydrogen-bond acceptors (Lipinski definition) is 6. The SMILES string of the molecule is COc1cc(C(=O)OC(C)(C)C)cc([N+](=O)[O-])c1N. The second kappa shape index (κ2) is 5.13. The third-order valence-corrected chi connectivity index (χ3v) is 2.17. The Bertz CT molecular complexity index is 520. The van der Waals surface area contributed by atoms with Gasteiger partial charge in [-0.25, -0.2) is 4.79 Å². The average molecular weight is 268 g/mol. The topological polar surface area (TPSA) is 105 Å². The molecule has 0 aliphatic carbocycles. The van der Waals surface area contributed by atoms with Crippen LogP contribution in [0.1, 0.15) is 31.1 Å². The molecule has 7 heteroatoms. The molecular weight excluding hydrogens is 252 g/mol. The van der Waals surface area contributed by atoms with E-state index in [9.17, 15) is 14.9 Å². The van der Waals surface area contributed by atoms with Crippen LogP contribution in [-0.2, 0) is 4.74 Å². The number of carbonyl (C=O) groups is 1. The quantitative estimate of drug-likeness (QED) is 0.389. The summed E-state index contributed by atoms with van der Waals surface area (Å²) in [5.41, 5.74) is 4.39. The summed E-state index contributed by atoms with van der Waals surface area (Å²) in [4.78, 5) is 22.1. The van der Waals surface area contributed by atoms with Crippen LogP contribution >= 0.6 is 0 Å². The maximum atomic E-state index is 11.9. The number of nitrogen functional groups attached to an aromatic ring is 1. The molecule has 0 atom stereocenters. The van der Waals surface area contributed by atoms with Crippen molar-refractivity contribution in [2.75, 3.05) is 12.8 Å². The summed E-state index contributed by atoms with van der Waals surface area (Å²) in [6.45, 7) is 5.11. The Morgan fingerprint density at radius 3 is 2.37 bits per heavy atom. The molecular formula is C12H16N2O5. The number of nitrogens with zero attached hydrogens (tertiary/aromatic N) is 1. The van der Waals surface area contributed by atoms with E-state index >= 15 is 0 Å². The molecule has 19 heavy (non-hydrogen) atoms. The van der Waals surface area contributed by atoms with E-state index in [1.807, 2.05) is 0 Å². The zero-order chi connectivity index (χ0) is 14.8. The summed E-state index contributed by atoms with van der Waals surface area (Å²) in [5.74, 6) is -0.607. The lowest BCUT2D eigenvalue weighted by Gasteiger charge is -2.19. The van der Waals surface area contributed by atoms with Crippen LogP contribution in [0.4, 0.5) is 11.4 Å². The normalized spacial score (nSPS) is 10.9. The number of esters is 1. The van der Waals surface area contributed by atoms with Gasteiger partial charge in [0.25, 0.3) is 5.69 Å². The molecule has 0 aliphatic heterocycles. The van der Waals surface area contributed by atoms with E-state index in [1.165, 1.54) is 13.2 Å². The standard InChI is InChI=1S/C12H16N2O5/c1-12(2,3)19-11(15)7-5-8(14(16)17)10(13)9(6-7)18-4/h5-6H,13H2,1-4H3. The number of carbonyl (C=O) groups excluding carboxylic acids is 1. The van der Waals surface area contributed by atoms with E-state index in [0.717, 1.165) is 6.07 Å². The first kappa shape index (κ1) is 14.7. The number of nitrogens with two attached hydrogens (primary N) is 1. The Kier molecular flexibility index (Phi) is 3.98. The van der Waals surface area contributed by atoms with Crippen LogP contribution in [0.5, 0.6) is 5.75 Å². The second-order valence-electron chi connectivity index (χ2n) is 4.87. The molecule has 0 unspecified atom stereocenters. The molecule has 0 amide bonds. The van der Waals surface area contributed by atoms with Crippen molar-refractivity contribution >= 4 is 17.3 Å². The lowest BCUT2D eigenvalue weighted by atomic mass is 10.1. The number of benzene rings is 1. The average Bonchev–Trinajstić information content (AvgIpc) is 2.26. The lowest BCUT2D eigenvalue weighted by molar-refractivity contribution is -0.384. The van der Waals surface area contributed by atoms with Crippen LogP contribution in [0.2, 0.25) is 0 Å². The van der Waals surface area contributed by atoms with Crippen LogP contribution < -0.4 is 10.5 Å². The van der Waals surface area contributed by atoms with Crippen molar-refractivity contribution in [1.82, 2.24) is 0 Å². The molecule has 1 aromatic rings. The van der Waals surface area contributed by atoms with Crippen LogP contribution in [0.15, 0.2) is 12.1 Å². The predicted octanol–water partition coefficient (Wildman–Crippen LogP) is 2.14. The summed E-state index contributed by atoms with van der Waals surface area (Å²) in [5, 5.41) is 10.9. The van der Waals surface area contributed by atoms with E-state index in [2.05, 4.69) is 0 Å². The van der Waals surface area contributed by atoms with Gasteiger partial charge in [0.2, 0.25) is 0 Å². The number of ether oxygens (including phenoxy) is 2. The smallest absolute Gasteiger partial charge is 0.339 e. The monoisotopic (exact) mass is 268 g/mol. The highest BCUT2D eigenvalue weighted by Gasteiger charge is 2.24. The van der Waals surface area contributed by atoms with Crippen molar-refractivity contribution < 1.29 is 19.2 Å². The van der Waals surface area contributed by atoms with Gasteiger partial charge in [-0.3, -0.25) is 10.1 Å². The van der Waals surface area contributed by atoms with Gasteiger partial charge in [-0.15, -0.1) is 0 Å². The highest BCUT2D eigenvalue weighted by atomic mass is 16.6. The zero-order valence-electron chi connectivity index (χ0n) is 11.2. The van der Waals surface area contributed by atoms with Gasteiger partial charge in [-0.05, 0) is 26.8 Å². The highest BCUT2D eigenvalue weighted by Crippen LogP contribution is 2.33. The molecule has 1 rings (SSSR count). The number of hydrogen-bond donors (Lipinski definition) is 1. The molecule has 0 heterocycles. The summed E-state index contributed by atoms with van der Waals surface area (Å²) in [6, 6.07) is 2.39. The minimum Gasteiger partial charge on any atom is -0.494 e. The van der Waals surface area contributed by atoms with Crippen molar-refractivity contribution in [3.05, 3.63) is 27.8 Å². The van der Waals surface area contributed by atoms with Crippen molar-refractivity contribution in [3.8, 4) is 5.75 Å². The third kappa shape index (κ3) is 3.57. The first-order valence-corrected chi connectivity index (χ1v) is 5.51. The second-order valence-corrected chi connectivity index (χ2v) is 4.87. The largest absolute Gasteiger partial charge is 0.494 e. The Hall–Kier alpha value is -2.31. The fourth-order valence-electron chi connectivity index (χ4n) is 1.39. The van der Waals surface area contributed by atoms with E-state index in [-0.39, 0.29) is 22.7 Å². The first-order valence-electron chi connectivity index (χ1n) is 5.51. The van der Waals surface area contributed by atoms with Gasteiger partial charge < -0.3 is 15.2 Å². The van der Waals surface area contributed by atoms with Crippen molar-refractivity contribution in [3.63, 3.8) is 0 Å². The number of methoxy groups -OCH3 is 1. The van der Waals surface area contributed by atoms with Gasteiger partial charge in [-0.2, -0.15) is 0 Å². The zero-order valence-corrected chi connectivity index (χ0v) is 11.2. The van der Waals surface area contributed by atoms with Crippen molar-refractivity contribution in [1.29, 1.82) is 0 Å². The number of rotatable bonds is 3. The van der Waals surface area contributed by atoms with Gasteiger partial charge in [0.1, 0.15) is 11.4 Å². The van der Waals surface area contributed by atoms with Crippen molar-refractivity contribution in [2.24, 2.45) is 0 Å². The molecule has 7 nitrogen and oxygen atoms in total. The van der Waals surface area contributed by atoms with E-state index in [1.54, 1.807) is 20.8 Å². The minimum atomic E-state index is -0.694. The fourth-order valence-corrected chi connectivity index (χ4v) is 1.39.